The van der Waals surface area contributed by atoms with Crippen molar-refractivity contribution in [2.45, 2.75) is 19.6 Å². The van der Waals surface area contributed by atoms with Gasteiger partial charge in [0.2, 0.25) is 5.91 Å². The molecule has 0 aromatic heterocycles. The van der Waals surface area contributed by atoms with Crippen LogP contribution in [0, 0.1) is 0 Å². The summed E-state index contributed by atoms with van der Waals surface area (Å²) in [4.78, 5) is 11.5. The molecule has 1 amide bonds. The van der Waals surface area contributed by atoms with Gasteiger partial charge in [0, 0.05) is 19.5 Å². The third-order valence-corrected chi connectivity index (χ3v) is 3.33. The topological polar surface area (TPSA) is 73.6 Å². The molecule has 0 saturated carbocycles. The number of hydrogen-bond acceptors (Lipinski definition) is 4. The highest BCUT2D eigenvalue weighted by Gasteiger charge is 2.07. The van der Waals surface area contributed by atoms with Crippen LogP contribution >= 0.6 is 12.4 Å². The molecule has 0 atom stereocenters. The monoisotopic (exact) mass is 350 g/mol. The Hall–Kier alpha value is -2.24. The molecule has 5 nitrogen and oxygen atoms in total. The Morgan fingerprint density at radius 2 is 1.83 bits per heavy atom. The Labute approximate surface area is 148 Å². The molecule has 2 aromatic carbocycles. The van der Waals surface area contributed by atoms with Crippen LogP contribution in [0.5, 0.6) is 11.5 Å². The van der Waals surface area contributed by atoms with Crippen molar-refractivity contribution in [3.8, 4) is 11.5 Å². The highest BCUT2D eigenvalue weighted by molar-refractivity contribution is 5.85. The standard InChI is InChI=1S/C18H22N2O3.ClH/c1-22-17-11-15(12-20-18(21)9-10-19)7-8-16(17)23-13-14-5-3-2-4-6-14;/h2-8,11H,9-10,12-13,19H2,1H3,(H,20,21);1H. The van der Waals surface area contributed by atoms with Crippen LogP contribution in [0.15, 0.2) is 48.5 Å². The number of ether oxygens (including phenoxy) is 2. The number of amides is 1. The van der Waals surface area contributed by atoms with Crippen LogP contribution in [0.3, 0.4) is 0 Å². The molecule has 130 valence electrons. The number of methoxy groups -OCH3 is 1. The minimum absolute atomic E-state index is 0. The van der Waals surface area contributed by atoms with Crippen LogP contribution in [0.2, 0.25) is 0 Å². The fourth-order valence-corrected chi connectivity index (χ4v) is 2.10. The van der Waals surface area contributed by atoms with Crippen LogP contribution in [-0.2, 0) is 17.9 Å². The van der Waals surface area contributed by atoms with E-state index in [4.69, 9.17) is 15.2 Å². The van der Waals surface area contributed by atoms with Gasteiger partial charge in [-0.1, -0.05) is 36.4 Å². The highest BCUT2D eigenvalue weighted by Crippen LogP contribution is 2.28. The average Bonchev–Trinajstić information content (AvgIpc) is 2.59. The van der Waals surface area contributed by atoms with E-state index in [0.717, 1.165) is 11.1 Å². The van der Waals surface area contributed by atoms with E-state index in [0.29, 0.717) is 37.6 Å². The van der Waals surface area contributed by atoms with Crippen LogP contribution in [0.25, 0.3) is 0 Å². The molecule has 2 aromatic rings. The summed E-state index contributed by atoms with van der Waals surface area (Å²) < 4.78 is 11.2. The fraction of sp³-hybridized carbons (Fsp3) is 0.278. The smallest absolute Gasteiger partial charge is 0.221 e. The second kappa shape index (κ2) is 10.5. The summed E-state index contributed by atoms with van der Waals surface area (Å²) >= 11 is 0. The number of carbonyl (C=O) groups excluding carboxylic acids is 1. The average molecular weight is 351 g/mol. The third kappa shape index (κ3) is 6.10. The van der Waals surface area contributed by atoms with Gasteiger partial charge in [0.15, 0.2) is 11.5 Å². The van der Waals surface area contributed by atoms with Crippen LogP contribution < -0.4 is 20.5 Å². The molecule has 6 heteroatoms. The summed E-state index contributed by atoms with van der Waals surface area (Å²) in [5.41, 5.74) is 7.38. The number of halogens is 1. The fourth-order valence-electron chi connectivity index (χ4n) is 2.10. The van der Waals surface area contributed by atoms with Gasteiger partial charge in [-0.25, -0.2) is 0 Å². The van der Waals surface area contributed by atoms with Crippen molar-refractivity contribution >= 4 is 18.3 Å². The van der Waals surface area contributed by atoms with E-state index in [2.05, 4.69) is 5.32 Å². The van der Waals surface area contributed by atoms with Gasteiger partial charge in [0.25, 0.3) is 0 Å². The summed E-state index contributed by atoms with van der Waals surface area (Å²) in [5.74, 6) is 1.26. The zero-order valence-corrected chi connectivity index (χ0v) is 14.5. The molecule has 24 heavy (non-hydrogen) atoms. The van der Waals surface area contributed by atoms with Crippen LogP contribution in [0.4, 0.5) is 0 Å². The molecule has 3 N–H and O–H groups in total. The van der Waals surface area contributed by atoms with E-state index < -0.39 is 0 Å². The maximum Gasteiger partial charge on any atom is 0.221 e. The minimum atomic E-state index is -0.0594. The van der Waals surface area contributed by atoms with Crippen molar-refractivity contribution in [1.29, 1.82) is 0 Å². The first-order valence-corrected chi connectivity index (χ1v) is 7.53. The van der Waals surface area contributed by atoms with E-state index in [9.17, 15) is 4.79 Å². The van der Waals surface area contributed by atoms with E-state index in [-0.39, 0.29) is 18.3 Å². The number of nitrogens with two attached hydrogens (primary N) is 1. The first-order chi connectivity index (χ1) is 11.2. The molecule has 0 spiro atoms. The maximum atomic E-state index is 11.5. The van der Waals surface area contributed by atoms with Gasteiger partial charge in [-0.3, -0.25) is 4.79 Å². The Balaban J connectivity index is 0.00000288. The predicted octanol–water partition coefficient (Wildman–Crippen LogP) is 2.66. The largest absolute Gasteiger partial charge is 0.493 e. The van der Waals surface area contributed by atoms with Crippen molar-refractivity contribution in [3.05, 3.63) is 59.7 Å². The third-order valence-electron chi connectivity index (χ3n) is 3.33. The molecule has 0 heterocycles. The first-order valence-electron chi connectivity index (χ1n) is 7.53. The number of hydrogen-bond donors (Lipinski definition) is 2. The van der Waals surface area contributed by atoms with Crippen molar-refractivity contribution in [1.82, 2.24) is 5.32 Å². The van der Waals surface area contributed by atoms with Gasteiger partial charge >= 0.3 is 0 Å². The van der Waals surface area contributed by atoms with Crippen molar-refractivity contribution < 1.29 is 14.3 Å². The van der Waals surface area contributed by atoms with E-state index in [1.165, 1.54) is 0 Å². The minimum Gasteiger partial charge on any atom is -0.493 e. The zero-order chi connectivity index (χ0) is 16.5. The summed E-state index contributed by atoms with van der Waals surface area (Å²) in [6.07, 6.45) is 0.329. The Morgan fingerprint density at radius 3 is 2.50 bits per heavy atom. The molecule has 0 aliphatic rings. The molecule has 0 unspecified atom stereocenters. The molecule has 0 aliphatic carbocycles. The molecule has 0 fully saturated rings. The molecule has 0 aliphatic heterocycles. The van der Waals surface area contributed by atoms with Crippen LogP contribution in [0.1, 0.15) is 17.5 Å². The Bertz CT molecular complexity index is 635. The van der Waals surface area contributed by atoms with Crippen molar-refractivity contribution in [3.63, 3.8) is 0 Å². The van der Waals surface area contributed by atoms with Gasteiger partial charge in [-0.2, -0.15) is 0 Å². The lowest BCUT2D eigenvalue weighted by Gasteiger charge is -2.13. The lowest BCUT2D eigenvalue weighted by molar-refractivity contribution is -0.121. The van der Waals surface area contributed by atoms with E-state index in [1.54, 1.807) is 7.11 Å². The van der Waals surface area contributed by atoms with Gasteiger partial charge in [-0.05, 0) is 23.3 Å². The zero-order valence-electron chi connectivity index (χ0n) is 13.7. The Morgan fingerprint density at radius 1 is 1.08 bits per heavy atom. The van der Waals surface area contributed by atoms with Crippen molar-refractivity contribution in [2.24, 2.45) is 5.73 Å². The van der Waals surface area contributed by atoms with Gasteiger partial charge in [0.1, 0.15) is 6.61 Å². The van der Waals surface area contributed by atoms with E-state index >= 15 is 0 Å². The van der Waals surface area contributed by atoms with Crippen LogP contribution in [-0.4, -0.2) is 19.6 Å². The van der Waals surface area contributed by atoms with Crippen molar-refractivity contribution in [2.75, 3.05) is 13.7 Å². The lowest BCUT2D eigenvalue weighted by Crippen LogP contribution is -2.24. The summed E-state index contributed by atoms with van der Waals surface area (Å²) in [6.45, 7) is 1.26. The number of rotatable bonds is 8. The second-order valence-electron chi connectivity index (χ2n) is 5.07. The summed E-state index contributed by atoms with van der Waals surface area (Å²) in [7, 11) is 1.60. The molecule has 0 radical (unpaired) electrons. The van der Waals surface area contributed by atoms with Gasteiger partial charge < -0.3 is 20.5 Å². The quantitative estimate of drug-likeness (QED) is 0.767. The van der Waals surface area contributed by atoms with Gasteiger partial charge in [0.05, 0.1) is 7.11 Å². The molecular weight excluding hydrogens is 328 g/mol. The second-order valence-corrected chi connectivity index (χ2v) is 5.07. The molecule has 0 bridgehead atoms. The summed E-state index contributed by atoms with van der Waals surface area (Å²) in [6, 6.07) is 15.6. The summed E-state index contributed by atoms with van der Waals surface area (Å²) in [5, 5.41) is 2.81. The molecule has 0 saturated heterocycles. The Kier molecular flexibility index (Phi) is 8.68. The van der Waals surface area contributed by atoms with Gasteiger partial charge in [-0.15, -0.1) is 12.4 Å². The lowest BCUT2D eigenvalue weighted by atomic mass is 10.2. The number of nitrogens with one attached hydrogen (secondary N) is 1. The molecular formula is C18H23ClN2O3. The molecule has 2 rings (SSSR count). The highest BCUT2D eigenvalue weighted by atomic mass is 35.5. The SMILES string of the molecule is COc1cc(CNC(=O)CCN)ccc1OCc1ccccc1.Cl. The predicted molar refractivity (Wildman–Crippen MR) is 96.5 cm³/mol. The normalized spacial score (nSPS) is 9.75. The first kappa shape index (κ1) is 19.8. The number of carbonyl (C=O) groups is 1. The number of benzene rings is 2. The maximum absolute atomic E-state index is 11.5. The van der Waals surface area contributed by atoms with E-state index in [1.807, 2.05) is 48.5 Å².